The van der Waals surface area contributed by atoms with Crippen LogP contribution in [0.5, 0.6) is 0 Å². The molecule has 0 atom stereocenters. The smallest absolute Gasteiger partial charge is 0.0721 e. The van der Waals surface area contributed by atoms with E-state index in [2.05, 4.69) is 94.5 Å². The molecule has 0 saturated heterocycles. The molecule has 0 saturated carbocycles. The van der Waals surface area contributed by atoms with Gasteiger partial charge >= 0.3 is 0 Å². The summed E-state index contributed by atoms with van der Waals surface area (Å²) in [5.74, 6) is 0. The van der Waals surface area contributed by atoms with Crippen LogP contribution in [0.3, 0.4) is 0 Å². The Labute approximate surface area is 188 Å². The van der Waals surface area contributed by atoms with E-state index in [1.165, 1.54) is 47.1 Å². The van der Waals surface area contributed by atoms with Gasteiger partial charge in [0.05, 0.1) is 13.2 Å². The van der Waals surface area contributed by atoms with Gasteiger partial charge in [-0.15, -0.1) is 0 Å². The second-order valence-corrected chi connectivity index (χ2v) is 9.25. The Morgan fingerprint density at radius 2 is 1.61 bits per heavy atom. The van der Waals surface area contributed by atoms with E-state index >= 15 is 0 Å². The molecular formula is C30H36O. The number of ether oxygens (including phenoxy) is 1. The van der Waals surface area contributed by atoms with Crippen molar-refractivity contribution in [2.24, 2.45) is 5.41 Å². The molecule has 162 valence electrons. The summed E-state index contributed by atoms with van der Waals surface area (Å²) < 4.78 is 5.82. The maximum Gasteiger partial charge on any atom is 0.0721 e. The second kappa shape index (κ2) is 11.1. The van der Waals surface area contributed by atoms with E-state index < -0.39 is 0 Å². The van der Waals surface area contributed by atoms with Crippen molar-refractivity contribution in [3.8, 4) is 0 Å². The van der Waals surface area contributed by atoms with Crippen molar-refractivity contribution in [2.75, 3.05) is 0 Å². The van der Waals surface area contributed by atoms with Crippen molar-refractivity contribution < 1.29 is 4.74 Å². The Kier molecular flexibility index (Phi) is 8.26. The Morgan fingerprint density at radius 1 is 0.935 bits per heavy atom. The molecule has 0 aromatic heterocycles. The number of hydrogen-bond acceptors (Lipinski definition) is 1. The van der Waals surface area contributed by atoms with E-state index in [0.717, 1.165) is 0 Å². The van der Waals surface area contributed by atoms with Crippen LogP contribution in [0.2, 0.25) is 0 Å². The SMILES string of the molecule is CC(C=CC1=C(C)CCCC1(C)C)=CC=Cc1ccc(COCc2ccccc2)cc1. The van der Waals surface area contributed by atoms with Gasteiger partial charge in [0, 0.05) is 0 Å². The molecule has 31 heavy (non-hydrogen) atoms. The van der Waals surface area contributed by atoms with Gasteiger partial charge in [0.25, 0.3) is 0 Å². The van der Waals surface area contributed by atoms with Crippen LogP contribution in [0.1, 0.15) is 63.6 Å². The van der Waals surface area contributed by atoms with Gasteiger partial charge < -0.3 is 4.74 Å². The largest absolute Gasteiger partial charge is 0.372 e. The lowest BCUT2D eigenvalue weighted by atomic mass is 9.72. The average Bonchev–Trinajstić information content (AvgIpc) is 2.75. The van der Waals surface area contributed by atoms with Crippen LogP contribution in [0.25, 0.3) is 6.08 Å². The molecule has 2 aromatic rings. The molecule has 1 aliphatic carbocycles. The van der Waals surface area contributed by atoms with E-state index in [9.17, 15) is 0 Å². The minimum absolute atomic E-state index is 0.293. The fourth-order valence-electron chi connectivity index (χ4n) is 4.18. The molecule has 0 fully saturated rings. The highest BCUT2D eigenvalue weighted by Crippen LogP contribution is 2.40. The fourth-order valence-corrected chi connectivity index (χ4v) is 4.18. The van der Waals surface area contributed by atoms with Crippen LogP contribution in [0, 0.1) is 5.41 Å². The lowest BCUT2D eigenvalue weighted by molar-refractivity contribution is 0.107. The standard InChI is InChI=1S/C30H36O/c1-24(15-20-29-25(2)11-9-21-30(29,3)4)10-8-14-26-16-18-28(19-17-26)23-31-22-27-12-6-5-7-13-27/h5-8,10,12-20H,9,11,21-23H2,1-4H3. The summed E-state index contributed by atoms with van der Waals surface area (Å²) >= 11 is 0. The zero-order valence-electron chi connectivity index (χ0n) is 19.5. The lowest BCUT2D eigenvalue weighted by Gasteiger charge is -2.32. The molecule has 0 bridgehead atoms. The summed E-state index contributed by atoms with van der Waals surface area (Å²) in [6, 6.07) is 18.9. The molecule has 0 unspecified atom stereocenters. The summed E-state index contributed by atoms with van der Waals surface area (Å²) in [6.07, 6.45) is 14.9. The van der Waals surface area contributed by atoms with Crippen LogP contribution in [-0.2, 0) is 18.0 Å². The molecule has 1 heteroatoms. The molecule has 0 aliphatic heterocycles. The monoisotopic (exact) mass is 412 g/mol. The summed E-state index contributed by atoms with van der Waals surface area (Å²) in [6.45, 7) is 10.5. The highest BCUT2D eigenvalue weighted by Gasteiger charge is 2.26. The van der Waals surface area contributed by atoms with Crippen LogP contribution in [0.15, 0.2) is 95.6 Å². The van der Waals surface area contributed by atoms with Gasteiger partial charge in [0.1, 0.15) is 0 Å². The van der Waals surface area contributed by atoms with Crippen molar-refractivity contribution in [1.29, 1.82) is 0 Å². The van der Waals surface area contributed by atoms with E-state index in [0.29, 0.717) is 18.6 Å². The average molecular weight is 413 g/mol. The van der Waals surface area contributed by atoms with Crippen LogP contribution >= 0.6 is 0 Å². The molecule has 0 heterocycles. The normalized spacial score (nSPS) is 17.1. The van der Waals surface area contributed by atoms with Gasteiger partial charge in [-0.2, -0.15) is 0 Å². The quantitative estimate of drug-likeness (QED) is 0.395. The molecular weight excluding hydrogens is 376 g/mol. The lowest BCUT2D eigenvalue weighted by Crippen LogP contribution is -2.19. The number of hydrogen-bond donors (Lipinski definition) is 0. The third-order valence-electron chi connectivity index (χ3n) is 6.06. The Bertz CT molecular complexity index is 953. The Balaban J connectivity index is 1.51. The first kappa shape index (κ1) is 23.0. The molecule has 3 rings (SSSR count). The summed E-state index contributed by atoms with van der Waals surface area (Å²) in [4.78, 5) is 0. The zero-order chi connectivity index (χ0) is 22.1. The molecule has 0 amide bonds. The predicted molar refractivity (Wildman–Crippen MR) is 134 cm³/mol. The maximum absolute atomic E-state index is 5.82. The molecule has 0 N–H and O–H groups in total. The van der Waals surface area contributed by atoms with Crippen LogP contribution in [0.4, 0.5) is 0 Å². The van der Waals surface area contributed by atoms with E-state index in [4.69, 9.17) is 4.74 Å². The van der Waals surface area contributed by atoms with Crippen molar-refractivity contribution in [1.82, 2.24) is 0 Å². The third-order valence-corrected chi connectivity index (χ3v) is 6.06. The first-order chi connectivity index (χ1) is 14.9. The first-order valence-electron chi connectivity index (χ1n) is 11.4. The molecule has 1 aliphatic rings. The third kappa shape index (κ3) is 7.22. The van der Waals surface area contributed by atoms with E-state index in [1.807, 2.05) is 18.2 Å². The number of benzene rings is 2. The van der Waals surface area contributed by atoms with Crippen molar-refractivity contribution in [3.05, 3.63) is 112 Å². The number of allylic oxidation sites excluding steroid dienone is 7. The van der Waals surface area contributed by atoms with E-state index in [1.54, 1.807) is 5.57 Å². The molecule has 2 aromatic carbocycles. The van der Waals surface area contributed by atoms with Gasteiger partial charge in [-0.3, -0.25) is 0 Å². The molecule has 0 spiro atoms. The minimum atomic E-state index is 0.293. The van der Waals surface area contributed by atoms with Gasteiger partial charge in [-0.1, -0.05) is 110 Å². The Hall–Kier alpha value is -2.64. The van der Waals surface area contributed by atoms with Gasteiger partial charge in [0.2, 0.25) is 0 Å². The summed E-state index contributed by atoms with van der Waals surface area (Å²) in [7, 11) is 0. The summed E-state index contributed by atoms with van der Waals surface area (Å²) in [5, 5.41) is 0. The number of rotatable bonds is 8. The molecule has 1 nitrogen and oxygen atoms in total. The van der Waals surface area contributed by atoms with Crippen molar-refractivity contribution >= 4 is 6.08 Å². The van der Waals surface area contributed by atoms with Crippen LogP contribution in [-0.4, -0.2) is 0 Å². The van der Waals surface area contributed by atoms with Crippen molar-refractivity contribution in [2.45, 2.75) is 60.2 Å². The highest BCUT2D eigenvalue weighted by atomic mass is 16.5. The second-order valence-electron chi connectivity index (χ2n) is 9.25. The maximum atomic E-state index is 5.82. The van der Waals surface area contributed by atoms with Crippen LogP contribution < -0.4 is 0 Å². The highest BCUT2D eigenvalue weighted by molar-refractivity contribution is 5.52. The van der Waals surface area contributed by atoms with Crippen molar-refractivity contribution in [3.63, 3.8) is 0 Å². The van der Waals surface area contributed by atoms with Gasteiger partial charge in [-0.05, 0) is 60.8 Å². The first-order valence-corrected chi connectivity index (χ1v) is 11.4. The summed E-state index contributed by atoms with van der Waals surface area (Å²) in [5.41, 5.74) is 8.22. The van der Waals surface area contributed by atoms with Gasteiger partial charge in [0.15, 0.2) is 0 Å². The topological polar surface area (TPSA) is 9.23 Å². The Morgan fingerprint density at radius 3 is 2.29 bits per heavy atom. The fraction of sp³-hybridized carbons (Fsp3) is 0.333. The van der Waals surface area contributed by atoms with E-state index in [-0.39, 0.29) is 0 Å². The predicted octanol–water partition coefficient (Wildman–Crippen LogP) is 8.45. The minimum Gasteiger partial charge on any atom is -0.372 e. The molecule has 0 radical (unpaired) electrons. The zero-order valence-corrected chi connectivity index (χ0v) is 19.5. The van der Waals surface area contributed by atoms with Gasteiger partial charge in [-0.25, -0.2) is 0 Å².